The Bertz CT molecular complexity index is 648. The van der Waals surface area contributed by atoms with E-state index in [4.69, 9.17) is 4.84 Å². The first-order valence-electron chi connectivity index (χ1n) is 6.17. The van der Waals surface area contributed by atoms with E-state index in [9.17, 15) is 10.2 Å². The summed E-state index contributed by atoms with van der Waals surface area (Å²) in [6.45, 7) is 1.77. The largest absolute Gasteiger partial charge is 0.506 e. The third kappa shape index (κ3) is 2.01. The molecule has 2 aromatic rings. The second-order valence-corrected chi connectivity index (χ2v) is 4.52. The van der Waals surface area contributed by atoms with Crippen LogP contribution in [0.25, 0.3) is 0 Å². The molecule has 104 valence electrons. The SMILES string of the molecule is Cc1ncc(CO)c(C2NOCc3nccnc32)c1O. The molecular weight excluding hydrogens is 260 g/mol. The van der Waals surface area contributed by atoms with Crippen molar-refractivity contribution in [1.82, 2.24) is 20.4 Å². The van der Waals surface area contributed by atoms with Gasteiger partial charge in [0.05, 0.1) is 23.7 Å². The number of nitrogens with one attached hydrogen (secondary N) is 1. The Balaban J connectivity index is 2.18. The zero-order chi connectivity index (χ0) is 14.1. The number of aliphatic hydroxyl groups excluding tert-OH is 1. The van der Waals surface area contributed by atoms with Gasteiger partial charge in [-0.25, -0.2) is 0 Å². The molecule has 0 aliphatic carbocycles. The maximum absolute atomic E-state index is 10.3. The third-order valence-corrected chi connectivity index (χ3v) is 3.31. The van der Waals surface area contributed by atoms with E-state index >= 15 is 0 Å². The molecule has 1 aliphatic heterocycles. The molecule has 1 atom stereocenters. The van der Waals surface area contributed by atoms with E-state index in [1.807, 2.05) is 0 Å². The van der Waals surface area contributed by atoms with E-state index in [-0.39, 0.29) is 12.4 Å². The van der Waals surface area contributed by atoms with Crippen LogP contribution in [0.5, 0.6) is 5.75 Å². The Morgan fingerprint density at radius 1 is 1.35 bits per heavy atom. The van der Waals surface area contributed by atoms with Gasteiger partial charge in [-0.15, -0.1) is 0 Å². The Kier molecular flexibility index (Phi) is 3.31. The molecule has 0 saturated heterocycles. The molecule has 3 rings (SSSR count). The topological polar surface area (TPSA) is 100 Å². The maximum atomic E-state index is 10.3. The lowest BCUT2D eigenvalue weighted by Gasteiger charge is -2.27. The molecule has 0 bridgehead atoms. The lowest BCUT2D eigenvalue weighted by atomic mass is 9.96. The number of aliphatic hydroxyl groups is 1. The molecule has 3 heterocycles. The van der Waals surface area contributed by atoms with Gasteiger partial charge in [-0.05, 0) is 6.92 Å². The van der Waals surface area contributed by atoms with Crippen LogP contribution in [0, 0.1) is 6.92 Å². The molecule has 7 nitrogen and oxygen atoms in total. The minimum Gasteiger partial charge on any atom is -0.506 e. The predicted molar refractivity (Wildman–Crippen MR) is 68.4 cm³/mol. The fraction of sp³-hybridized carbons (Fsp3) is 0.308. The number of aryl methyl sites for hydroxylation is 1. The summed E-state index contributed by atoms with van der Waals surface area (Å²) in [4.78, 5) is 17.9. The van der Waals surface area contributed by atoms with Crippen LogP contribution < -0.4 is 5.48 Å². The van der Waals surface area contributed by atoms with Crippen LogP contribution in [0.4, 0.5) is 0 Å². The molecule has 0 spiro atoms. The van der Waals surface area contributed by atoms with Gasteiger partial charge >= 0.3 is 0 Å². The van der Waals surface area contributed by atoms with Gasteiger partial charge in [0.1, 0.15) is 18.4 Å². The van der Waals surface area contributed by atoms with Crippen LogP contribution in [-0.4, -0.2) is 25.2 Å². The van der Waals surface area contributed by atoms with Crippen LogP contribution in [0.15, 0.2) is 18.6 Å². The van der Waals surface area contributed by atoms with Crippen molar-refractivity contribution in [2.24, 2.45) is 0 Å². The van der Waals surface area contributed by atoms with E-state index in [1.165, 1.54) is 6.20 Å². The highest BCUT2D eigenvalue weighted by atomic mass is 16.6. The summed E-state index contributed by atoms with van der Waals surface area (Å²) in [7, 11) is 0. The maximum Gasteiger partial charge on any atom is 0.142 e. The second kappa shape index (κ2) is 5.12. The van der Waals surface area contributed by atoms with Gasteiger partial charge in [-0.1, -0.05) is 0 Å². The standard InChI is InChI=1S/C13H14N4O3/c1-7-13(19)10(8(5-18)4-16-7)12-11-9(6-20-17-12)14-2-3-15-11/h2-4,12,17-19H,5-6H2,1H3. The molecule has 0 fully saturated rings. The van der Waals surface area contributed by atoms with Crippen LogP contribution in [-0.2, 0) is 18.1 Å². The number of aromatic nitrogens is 3. The summed E-state index contributed by atoms with van der Waals surface area (Å²) < 4.78 is 0. The molecule has 0 aromatic carbocycles. The number of fused-ring (bicyclic) bond motifs is 1. The Morgan fingerprint density at radius 2 is 2.15 bits per heavy atom. The van der Waals surface area contributed by atoms with Gasteiger partial charge in [0, 0.05) is 29.7 Å². The van der Waals surface area contributed by atoms with E-state index < -0.39 is 6.04 Å². The van der Waals surface area contributed by atoms with Crippen molar-refractivity contribution in [3.8, 4) is 5.75 Å². The molecule has 20 heavy (non-hydrogen) atoms. The highest BCUT2D eigenvalue weighted by molar-refractivity contribution is 5.46. The van der Waals surface area contributed by atoms with Crippen LogP contribution in [0.3, 0.4) is 0 Å². The highest BCUT2D eigenvalue weighted by Gasteiger charge is 2.29. The Labute approximate surface area is 115 Å². The predicted octanol–water partition coefficient (Wildman–Crippen LogP) is 0.502. The van der Waals surface area contributed by atoms with Crippen molar-refractivity contribution in [2.45, 2.75) is 26.2 Å². The first-order valence-corrected chi connectivity index (χ1v) is 6.17. The number of nitrogens with zero attached hydrogens (tertiary/aromatic N) is 3. The lowest BCUT2D eigenvalue weighted by molar-refractivity contribution is -0.00713. The van der Waals surface area contributed by atoms with Crippen molar-refractivity contribution in [3.63, 3.8) is 0 Å². The van der Waals surface area contributed by atoms with E-state index in [2.05, 4.69) is 20.4 Å². The van der Waals surface area contributed by atoms with Crippen molar-refractivity contribution in [3.05, 3.63) is 46.8 Å². The quantitative estimate of drug-likeness (QED) is 0.733. The summed E-state index contributed by atoms with van der Waals surface area (Å²) in [6.07, 6.45) is 4.72. The van der Waals surface area contributed by atoms with Gasteiger partial charge in [0.25, 0.3) is 0 Å². The average Bonchev–Trinajstić information content (AvgIpc) is 2.49. The summed E-state index contributed by atoms with van der Waals surface area (Å²) >= 11 is 0. The molecule has 1 aliphatic rings. The number of hydroxylamine groups is 1. The first-order chi connectivity index (χ1) is 9.72. The number of rotatable bonds is 2. The van der Waals surface area contributed by atoms with Gasteiger partial charge in [-0.3, -0.25) is 19.8 Å². The lowest BCUT2D eigenvalue weighted by Crippen LogP contribution is -2.31. The van der Waals surface area contributed by atoms with Crippen LogP contribution >= 0.6 is 0 Å². The minimum atomic E-state index is -0.490. The smallest absolute Gasteiger partial charge is 0.142 e. The third-order valence-electron chi connectivity index (χ3n) is 3.31. The summed E-state index contributed by atoms with van der Waals surface area (Å²) in [5.41, 5.74) is 5.73. The molecule has 3 N–H and O–H groups in total. The monoisotopic (exact) mass is 274 g/mol. The van der Waals surface area contributed by atoms with Gasteiger partial charge in [0.2, 0.25) is 0 Å². The van der Waals surface area contributed by atoms with E-state index in [0.29, 0.717) is 34.8 Å². The number of hydrogen-bond donors (Lipinski definition) is 3. The Morgan fingerprint density at radius 3 is 2.95 bits per heavy atom. The van der Waals surface area contributed by atoms with Crippen LogP contribution in [0.1, 0.15) is 34.3 Å². The molecule has 0 saturated carbocycles. The number of pyridine rings is 1. The molecule has 1 unspecified atom stereocenters. The zero-order valence-corrected chi connectivity index (χ0v) is 10.9. The van der Waals surface area contributed by atoms with Gasteiger partial charge in [-0.2, -0.15) is 5.48 Å². The average molecular weight is 274 g/mol. The van der Waals surface area contributed by atoms with Crippen molar-refractivity contribution < 1.29 is 15.1 Å². The molecular formula is C13H14N4O3. The normalized spacial score (nSPS) is 17.8. The van der Waals surface area contributed by atoms with E-state index in [1.54, 1.807) is 19.3 Å². The Hall–Kier alpha value is -2.09. The zero-order valence-electron chi connectivity index (χ0n) is 10.9. The number of aromatic hydroxyl groups is 1. The first kappa shape index (κ1) is 12.9. The highest BCUT2D eigenvalue weighted by Crippen LogP contribution is 2.35. The summed E-state index contributed by atoms with van der Waals surface area (Å²) in [5.74, 6) is 0.0242. The van der Waals surface area contributed by atoms with Crippen LogP contribution in [0.2, 0.25) is 0 Å². The molecule has 7 heteroatoms. The van der Waals surface area contributed by atoms with Gasteiger partial charge < -0.3 is 10.2 Å². The fourth-order valence-corrected chi connectivity index (χ4v) is 2.28. The van der Waals surface area contributed by atoms with Crippen molar-refractivity contribution in [1.29, 1.82) is 0 Å². The molecule has 0 radical (unpaired) electrons. The van der Waals surface area contributed by atoms with Crippen molar-refractivity contribution in [2.75, 3.05) is 0 Å². The fourth-order valence-electron chi connectivity index (χ4n) is 2.28. The minimum absolute atomic E-state index is 0.0242. The van der Waals surface area contributed by atoms with Crippen molar-refractivity contribution >= 4 is 0 Å². The second-order valence-electron chi connectivity index (χ2n) is 4.52. The number of hydrogen-bond acceptors (Lipinski definition) is 7. The summed E-state index contributed by atoms with van der Waals surface area (Å²) in [5, 5.41) is 19.7. The molecule has 2 aromatic heterocycles. The van der Waals surface area contributed by atoms with Gasteiger partial charge in [0.15, 0.2) is 0 Å². The van der Waals surface area contributed by atoms with E-state index in [0.717, 1.165) is 0 Å². The molecule has 0 amide bonds. The summed E-state index contributed by atoms with van der Waals surface area (Å²) in [6, 6.07) is -0.490.